The first-order chi connectivity index (χ1) is 15.1. The Morgan fingerprint density at radius 3 is 2.47 bits per heavy atom. The van der Waals surface area contributed by atoms with Crippen molar-refractivity contribution in [2.24, 2.45) is 5.92 Å². The molecule has 3 aromatic rings. The summed E-state index contributed by atoms with van der Waals surface area (Å²) in [5.41, 5.74) is 0.651. The summed E-state index contributed by atoms with van der Waals surface area (Å²) in [5, 5.41) is 3.35. The average molecular weight is 462 g/mol. The number of fused-ring (bicyclic) bond motifs is 1. The number of aryl methyl sites for hydroxylation is 2. The second-order valence-corrected chi connectivity index (χ2v) is 8.88. The van der Waals surface area contributed by atoms with E-state index in [-0.39, 0.29) is 22.6 Å². The highest BCUT2D eigenvalue weighted by molar-refractivity contribution is 7.20. The molecule has 0 saturated carbocycles. The summed E-state index contributed by atoms with van der Waals surface area (Å²) >= 11 is 0.976. The van der Waals surface area contributed by atoms with Crippen molar-refractivity contribution in [3.63, 3.8) is 0 Å². The highest BCUT2D eigenvalue weighted by atomic mass is 32.1. The smallest absolute Gasteiger partial charge is 0.338 e. The topological polar surface area (TPSA) is 75.2 Å². The van der Waals surface area contributed by atoms with Crippen LogP contribution < -0.4 is 5.32 Å². The molecule has 2 amide bonds. The molecule has 0 aromatic carbocycles. The van der Waals surface area contributed by atoms with Gasteiger partial charge in [0.25, 0.3) is 5.91 Å². The molecule has 4 heterocycles. The summed E-state index contributed by atoms with van der Waals surface area (Å²) in [4.78, 5) is 35.7. The molecule has 0 spiro atoms. The number of carbonyl (C=O) groups is 2. The molecule has 1 aliphatic heterocycles. The van der Waals surface area contributed by atoms with Gasteiger partial charge in [0.2, 0.25) is 5.91 Å². The van der Waals surface area contributed by atoms with Crippen LogP contribution in [0.25, 0.3) is 10.2 Å². The molecule has 1 saturated heterocycles. The van der Waals surface area contributed by atoms with E-state index < -0.39 is 11.9 Å². The van der Waals surface area contributed by atoms with Crippen molar-refractivity contribution in [2.45, 2.75) is 32.9 Å². The highest BCUT2D eigenvalue weighted by Gasteiger charge is 2.34. The van der Waals surface area contributed by atoms with Gasteiger partial charge < -0.3 is 10.2 Å². The lowest BCUT2D eigenvalue weighted by atomic mass is 9.95. The highest BCUT2D eigenvalue weighted by Crippen LogP contribution is 2.35. The number of halogens is 3. The molecule has 1 N–H and O–H groups in total. The monoisotopic (exact) mass is 462 g/mol. The molecule has 4 rings (SSSR count). The van der Waals surface area contributed by atoms with Crippen LogP contribution in [0.2, 0.25) is 0 Å². The second-order valence-electron chi connectivity index (χ2n) is 7.88. The number of thiophene rings is 1. The van der Waals surface area contributed by atoms with Gasteiger partial charge in [0, 0.05) is 30.6 Å². The van der Waals surface area contributed by atoms with Gasteiger partial charge in [0.1, 0.15) is 16.3 Å². The minimum Gasteiger partial charge on any atom is -0.338 e. The maximum absolute atomic E-state index is 13.0. The molecule has 0 bridgehead atoms. The molecule has 1 aliphatic rings. The average Bonchev–Trinajstić information content (AvgIpc) is 3.10. The lowest BCUT2D eigenvalue weighted by Gasteiger charge is -2.31. The van der Waals surface area contributed by atoms with E-state index in [2.05, 4.69) is 15.3 Å². The van der Waals surface area contributed by atoms with E-state index in [4.69, 9.17) is 0 Å². The number of rotatable bonds is 3. The van der Waals surface area contributed by atoms with Gasteiger partial charge in [-0.1, -0.05) is 6.07 Å². The fraction of sp³-hybridized carbons (Fsp3) is 0.364. The number of amides is 2. The number of alkyl halides is 3. The molecule has 0 radical (unpaired) electrons. The van der Waals surface area contributed by atoms with E-state index in [0.717, 1.165) is 23.0 Å². The van der Waals surface area contributed by atoms with E-state index in [1.807, 2.05) is 13.0 Å². The largest absolute Gasteiger partial charge is 0.433 e. The predicted octanol–water partition coefficient (Wildman–Crippen LogP) is 4.82. The number of nitrogens with zero attached hydrogens (tertiary/aromatic N) is 3. The number of carbonyl (C=O) groups excluding carboxylic acids is 2. The van der Waals surface area contributed by atoms with Gasteiger partial charge in [-0.15, -0.1) is 11.3 Å². The summed E-state index contributed by atoms with van der Waals surface area (Å²) in [6, 6.07) is 5.91. The zero-order valence-corrected chi connectivity index (χ0v) is 18.3. The van der Waals surface area contributed by atoms with Crippen molar-refractivity contribution < 1.29 is 22.8 Å². The third-order valence-corrected chi connectivity index (χ3v) is 6.79. The van der Waals surface area contributed by atoms with Gasteiger partial charge >= 0.3 is 6.18 Å². The Bertz CT molecular complexity index is 1170. The first-order valence-electron chi connectivity index (χ1n) is 10.1. The number of hydrogen-bond donors (Lipinski definition) is 1. The molecular weight excluding hydrogens is 441 g/mol. The third kappa shape index (κ3) is 4.45. The van der Waals surface area contributed by atoms with Crippen LogP contribution in [0.3, 0.4) is 0 Å². The van der Waals surface area contributed by atoms with Crippen LogP contribution in [0, 0.1) is 19.8 Å². The quantitative estimate of drug-likeness (QED) is 0.606. The minimum absolute atomic E-state index is 0.129. The Hall–Kier alpha value is -3.01. The Morgan fingerprint density at radius 1 is 1.12 bits per heavy atom. The Labute approximate surface area is 186 Å². The number of hydrogen-bond acceptors (Lipinski definition) is 5. The zero-order valence-electron chi connectivity index (χ0n) is 17.5. The first-order valence-corrected chi connectivity index (χ1v) is 11.0. The van der Waals surface area contributed by atoms with E-state index in [1.165, 1.54) is 6.07 Å². The summed E-state index contributed by atoms with van der Waals surface area (Å²) < 4.78 is 38.9. The summed E-state index contributed by atoms with van der Waals surface area (Å²) in [6.07, 6.45) is -1.85. The van der Waals surface area contributed by atoms with Crippen LogP contribution in [-0.4, -0.2) is 39.8 Å². The lowest BCUT2D eigenvalue weighted by Crippen LogP contribution is -2.41. The molecule has 32 heavy (non-hydrogen) atoms. The fourth-order valence-electron chi connectivity index (χ4n) is 3.72. The van der Waals surface area contributed by atoms with Crippen molar-refractivity contribution in [3.8, 4) is 0 Å². The normalized spacial score (nSPS) is 15.2. The van der Waals surface area contributed by atoms with E-state index >= 15 is 0 Å². The summed E-state index contributed by atoms with van der Waals surface area (Å²) in [6.45, 7) is 4.42. The molecule has 0 unspecified atom stereocenters. The van der Waals surface area contributed by atoms with Gasteiger partial charge in [-0.3, -0.25) is 9.59 Å². The van der Waals surface area contributed by atoms with Crippen molar-refractivity contribution in [3.05, 3.63) is 52.2 Å². The van der Waals surface area contributed by atoms with Crippen LogP contribution in [0.15, 0.2) is 30.5 Å². The van der Waals surface area contributed by atoms with Gasteiger partial charge in [0.15, 0.2) is 0 Å². The third-order valence-electron chi connectivity index (χ3n) is 5.60. The van der Waals surface area contributed by atoms with Gasteiger partial charge in [-0.2, -0.15) is 13.2 Å². The second kappa shape index (κ2) is 8.50. The number of likely N-dealkylation sites (tertiary alicyclic amines) is 1. The zero-order chi connectivity index (χ0) is 23.0. The molecule has 0 atom stereocenters. The molecule has 1 fully saturated rings. The van der Waals surface area contributed by atoms with E-state index in [1.54, 1.807) is 24.1 Å². The molecule has 10 heteroatoms. The molecule has 3 aromatic heterocycles. The number of pyridine rings is 2. The van der Waals surface area contributed by atoms with Gasteiger partial charge in [0.05, 0.1) is 4.88 Å². The van der Waals surface area contributed by atoms with E-state index in [9.17, 15) is 22.8 Å². The molecular formula is C22H21F3N4O2S. The summed E-state index contributed by atoms with van der Waals surface area (Å²) in [5.74, 6) is -0.110. The lowest BCUT2D eigenvalue weighted by molar-refractivity contribution is -0.140. The number of anilines is 1. The molecule has 6 nitrogen and oxygen atoms in total. The van der Waals surface area contributed by atoms with Gasteiger partial charge in [-0.25, -0.2) is 9.97 Å². The van der Waals surface area contributed by atoms with Crippen molar-refractivity contribution in [2.75, 3.05) is 18.4 Å². The molecule has 168 valence electrons. The number of piperidine rings is 1. The SMILES string of the molecule is Cc1ccc(NC(=O)C2CCN(C(=O)c3sc4nc(C(F)(F)F)ccc4c3C)CC2)nc1. The number of nitrogens with one attached hydrogen (secondary N) is 1. The van der Waals surface area contributed by atoms with Gasteiger partial charge in [-0.05, 0) is 56.0 Å². The van der Waals surface area contributed by atoms with E-state index in [0.29, 0.717) is 47.6 Å². The Kier molecular flexibility index (Phi) is 5.89. The van der Waals surface area contributed by atoms with Crippen LogP contribution >= 0.6 is 11.3 Å². The minimum atomic E-state index is -4.53. The van der Waals surface area contributed by atoms with Crippen LogP contribution in [0.4, 0.5) is 19.0 Å². The predicted molar refractivity (Wildman–Crippen MR) is 116 cm³/mol. The summed E-state index contributed by atoms with van der Waals surface area (Å²) in [7, 11) is 0. The van der Waals surface area contributed by atoms with Crippen LogP contribution in [-0.2, 0) is 11.0 Å². The number of aromatic nitrogens is 2. The van der Waals surface area contributed by atoms with Crippen LogP contribution in [0.1, 0.15) is 39.3 Å². The fourth-order valence-corrected chi connectivity index (χ4v) is 4.87. The maximum atomic E-state index is 13.0. The van der Waals surface area contributed by atoms with Crippen molar-refractivity contribution in [1.29, 1.82) is 0 Å². The Morgan fingerprint density at radius 2 is 1.84 bits per heavy atom. The maximum Gasteiger partial charge on any atom is 0.433 e. The molecule has 0 aliphatic carbocycles. The van der Waals surface area contributed by atoms with Crippen LogP contribution in [0.5, 0.6) is 0 Å². The Balaban J connectivity index is 1.43. The van der Waals surface area contributed by atoms with Crippen molar-refractivity contribution >= 4 is 39.2 Å². The standard InChI is InChI=1S/C22H21F3N4O2S/c1-12-3-6-17(26-11-12)28-19(30)14-7-9-29(10-8-14)21(31)18-13(2)15-4-5-16(22(23,24)25)27-20(15)32-18/h3-6,11,14H,7-10H2,1-2H3,(H,26,28,30). The first kappa shape index (κ1) is 22.2. The van der Waals surface area contributed by atoms with Crippen molar-refractivity contribution in [1.82, 2.24) is 14.9 Å².